The number of piperidine rings is 1. The summed E-state index contributed by atoms with van der Waals surface area (Å²) >= 11 is 0. The van der Waals surface area contributed by atoms with Gasteiger partial charge in [-0.2, -0.15) is 0 Å². The van der Waals surface area contributed by atoms with Crippen molar-refractivity contribution in [1.82, 2.24) is 24.8 Å². The number of ether oxygens (including phenoxy) is 3. The first-order valence-corrected chi connectivity index (χ1v) is 19.0. The zero-order chi connectivity index (χ0) is 32.5. The summed E-state index contributed by atoms with van der Waals surface area (Å²) in [6.07, 6.45) is 1.55. The lowest BCUT2D eigenvalue weighted by molar-refractivity contribution is 0.0391. The highest BCUT2D eigenvalue weighted by Gasteiger charge is 2.33. The predicted molar refractivity (Wildman–Crippen MR) is 168 cm³/mol. The lowest BCUT2D eigenvalue weighted by atomic mass is 10.0. The number of fused-ring (bicyclic) bond motifs is 1. The molecule has 45 heavy (non-hydrogen) atoms. The summed E-state index contributed by atoms with van der Waals surface area (Å²) in [4.78, 5) is 35.5. The van der Waals surface area contributed by atoms with Gasteiger partial charge in [0, 0.05) is 38.5 Å². The van der Waals surface area contributed by atoms with E-state index in [0.29, 0.717) is 52.9 Å². The summed E-state index contributed by atoms with van der Waals surface area (Å²) in [5.41, 5.74) is 2.64. The molecule has 1 aliphatic heterocycles. The number of benzene rings is 1. The van der Waals surface area contributed by atoms with E-state index in [0.717, 1.165) is 23.8 Å². The molecule has 3 heterocycles. The van der Waals surface area contributed by atoms with Crippen molar-refractivity contribution >= 4 is 31.1 Å². The Morgan fingerprint density at radius 1 is 1.16 bits per heavy atom. The van der Waals surface area contributed by atoms with Crippen molar-refractivity contribution in [2.24, 2.45) is 5.92 Å². The SMILES string of the molecule is COc1cc(-c2ncnc3c(C(=O)N[C@@H]4CCN(C(=O)O)C[C@H]4O)c(C)n(COCC[Si](C)(C)C)c23)c(OCC2CC2)cc1F. The highest BCUT2D eigenvalue weighted by atomic mass is 28.3. The Morgan fingerprint density at radius 2 is 1.91 bits per heavy atom. The second kappa shape index (κ2) is 13.3. The van der Waals surface area contributed by atoms with E-state index in [-0.39, 0.29) is 37.6 Å². The Labute approximate surface area is 262 Å². The molecule has 244 valence electrons. The maximum absolute atomic E-state index is 14.9. The fourth-order valence-corrected chi connectivity index (χ4v) is 6.22. The van der Waals surface area contributed by atoms with E-state index in [9.17, 15) is 24.2 Å². The summed E-state index contributed by atoms with van der Waals surface area (Å²) in [5, 5.41) is 22.9. The molecule has 1 saturated carbocycles. The molecule has 1 aliphatic carbocycles. The highest BCUT2D eigenvalue weighted by Crippen LogP contribution is 2.40. The predicted octanol–water partition coefficient (Wildman–Crippen LogP) is 4.50. The third-order valence-electron chi connectivity index (χ3n) is 8.39. The molecule has 5 rings (SSSR count). The van der Waals surface area contributed by atoms with Crippen LogP contribution in [0.5, 0.6) is 11.5 Å². The normalized spacial score (nSPS) is 18.7. The topological polar surface area (TPSA) is 148 Å². The van der Waals surface area contributed by atoms with Crippen LogP contribution in [0.1, 0.15) is 35.3 Å². The molecule has 2 amide bonds. The lowest BCUT2D eigenvalue weighted by Gasteiger charge is -2.34. The summed E-state index contributed by atoms with van der Waals surface area (Å²) in [6, 6.07) is 3.14. The first-order chi connectivity index (χ1) is 21.4. The van der Waals surface area contributed by atoms with Gasteiger partial charge in [0.25, 0.3) is 5.91 Å². The van der Waals surface area contributed by atoms with Gasteiger partial charge in [-0.25, -0.2) is 19.2 Å². The van der Waals surface area contributed by atoms with Gasteiger partial charge in [-0.05, 0) is 44.2 Å². The molecular formula is C31H42FN5O7Si. The van der Waals surface area contributed by atoms with E-state index >= 15 is 0 Å². The molecule has 14 heteroatoms. The Bertz CT molecular complexity index is 1570. The quantitative estimate of drug-likeness (QED) is 0.192. The molecule has 0 spiro atoms. The van der Waals surface area contributed by atoms with Crippen molar-refractivity contribution in [3.8, 4) is 22.8 Å². The molecule has 0 unspecified atom stereocenters. The first-order valence-electron chi connectivity index (χ1n) is 15.3. The summed E-state index contributed by atoms with van der Waals surface area (Å²) in [6.45, 7) is 9.78. The van der Waals surface area contributed by atoms with Crippen LogP contribution in [0, 0.1) is 18.7 Å². The van der Waals surface area contributed by atoms with E-state index in [1.807, 2.05) is 4.57 Å². The number of carbonyl (C=O) groups is 2. The van der Waals surface area contributed by atoms with Crippen LogP contribution in [0.15, 0.2) is 18.5 Å². The van der Waals surface area contributed by atoms with Gasteiger partial charge in [-0.1, -0.05) is 19.6 Å². The fraction of sp³-hybridized carbons (Fsp3) is 0.548. The summed E-state index contributed by atoms with van der Waals surface area (Å²) in [7, 11) is 0.0161. The van der Waals surface area contributed by atoms with Crippen molar-refractivity contribution in [3.05, 3.63) is 35.5 Å². The average Bonchev–Trinajstić information content (AvgIpc) is 3.77. The average molecular weight is 644 g/mol. The van der Waals surface area contributed by atoms with Crippen LogP contribution >= 0.6 is 0 Å². The number of aliphatic hydroxyl groups is 1. The van der Waals surface area contributed by atoms with E-state index in [1.165, 1.54) is 19.5 Å². The number of hydrogen-bond acceptors (Lipinski definition) is 8. The van der Waals surface area contributed by atoms with Crippen LogP contribution in [-0.2, 0) is 11.5 Å². The summed E-state index contributed by atoms with van der Waals surface area (Å²) in [5.74, 6) is -0.267. The van der Waals surface area contributed by atoms with E-state index in [4.69, 9.17) is 14.2 Å². The van der Waals surface area contributed by atoms with Crippen molar-refractivity contribution in [1.29, 1.82) is 0 Å². The standard InChI is InChI=1S/C31H42FN5O7Si/c1-18-26(30(39)35-22-8-9-36(31(40)41)14-23(22)38)28-29(37(18)17-43-10-11-45(3,4)5)27(33-16-34-28)20-12-25(42-2)21(32)13-24(20)44-15-19-6-7-19/h12-13,16,19,22-23,38H,6-11,14-15,17H2,1-5H3,(H,35,39)(H,40,41)/t22-,23-/m1/s1. The minimum atomic E-state index is -1.37. The second-order valence-electron chi connectivity index (χ2n) is 13.1. The van der Waals surface area contributed by atoms with Gasteiger partial charge >= 0.3 is 6.09 Å². The van der Waals surface area contributed by atoms with Crippen molar-refractivity contribution < 1.29 is 38.4 Å². The number of rotatable bonds is 12. The third-order valence-corrected chi connectivity index (χ3v) is 10.1. The molecular weight excluding hydrogens is 601 g/mol. The van der Waals surface area contributed by atoms with Crippen molar-refractivity contribution in [2.45, 2.75) is 70.7 Å². The van der Waals surface area contributed by atoms with Gasteiger partial charge in [0.05, 0.1) is 43.5 Å². The number of aromatic nitrogens is 3. The lowest BCUT2D eigenvalue weighted by Crippen LogP contribution is -2.55. The number of hydrogen-bond donors (Lipinski definition) is 3. The fourth-order valence-electron chi connectivity index (χ4n) is 5.46. The van der Waals surface area contributed by atoms with Gasteiger partial charge in [0.1, 0.15) is 30.0 Å². The highest BCUT2D eigenvalue weighted by molar-refractivity contribution is 6.76. The maximum Gasteiger partial charge on any atom is 0.407 e. The van der Waals surface area contributed by atoms with Crippen LogP contribution < -0.4 is 14.8 Å². The third kappa shape index (κ3) is 7.39. The number of aliphatic hydroxyl groups excluding tert-OH is 1. The Morgan fingerprint density at radius 3 is 2.56 bits per heavy atom. The van der Waals surface area contributed by atoms with E-state index in [1.54, 1.807) is 13.0 Å². The molecule has 3 N–H and O–H groups in total. The van der Waals surface area contributed by atoms with E-state index < -0.39 is 38.0 Å². The van der Waals surface area contributed by atoms with Crippen LogP contribution in [0.4, 0.5) is 9.18 Å². The molecule has 2 fully saturated rings. The zero-order valence-corrected chi connectivity index (χ0v) is 27.4. The van der Waals surface area contributed by atoms with Crippen LogP contribution in [0.25, 0.3) is 22.3 Å². The number of carbonyl (C=O) groups excluding carboxylic acids is 1. The molecule has 1 aromatic carbocycles. The Balaban J connectivity index is 1.57. The Hall–Kier alpha value is -3.75. The molecule has 2 aliphatic rings. The molecule has 2 aromatic heterocycles. The number of methoxy groups -OCH3 is 1. The van der Waals surface area contributed by atoms with Crippen molar-refractivity contribution in [2.75, 3.05) is 33.4 Å². The van der Waals surface area contributed by atoms with Gasteiger partial charge in [0.2, 0.25) is 0 Å². The zero-order valence-electron chi connectivity index (χ0n) is 26.4. The molecule has 2 atom stereocenters. The van der Waals surface area contributed by atoms with Crippen molar-refractivity contribution in [3.63, 3.8) is 0 Å². The number of nitrogens with one attached hydrogen (secondary N) is 1. The minimum absolute atomic E-state index is 0.0244. The monoisotopic (exact) mass is 643 g/mol. The van der Waals surface area contributed by atoms with Gasteiger partial charge in [0.15, 0.2) is 11.6 Å². The number of β-amino-alcohol motifs (C(OH)–C–C–N with tert-alkyl or cyclic N) is 1. The van der Waals surface area contributed by atoms with Gasteiger partial charge < -0.3 is 39.2 Å². The number of likely N-dealkylation sites (tertiary alicyclic amines) is 1. The number of halogens is 1. The molecule has 12 nitrogen and oxygen atoms in total. The van der Waals surface area contributed by atoms with Gasteiger partial charge in [-0.15, -0.1) is 0 Å². The second-order valence-corrected chi connectivity index (χ2v) is 18.7. The Kier molecular flexibility index (Phi) is 9.65. The molecule has 1 saturated heterocycles. The number of nitrogens with zero attached hydrogens (tertiary/aromatic N) is 4. The number of amides is 2. The maximum atomic E-state index is 14.9. The van der Waals surface area contributed by atoms with Crippen LogP contribution in [0.2, 0.25) is 25.7 Å². The molecule has 3 aromatic rings. The smallest absolute Gasteiger partial charge is 0.407 e. The minimum Gasteiger partial charge on any atom is -0.494 e. The molecule has 0 bridgehead atoms. The van der Waals surface area contributed by atoms with Gasteiger partial charge in [-0.3, -0.25) is 4.79 Å². The van der Waals surface area contributed by atoms with Crippen LogP contribution in [0.3, 0.4) is 0 Å². The number of carboxylic acid groups (broad SMARTS) is 1. The van der Waals surface area contributed by atoms with Crippen LogP contribution in [-0.4, -0.2) is 95.3 Å². The van der Waals surface area contributed by atoms with E-state index in [2.05, 4.69) is 34.9 Å². The first kappa shape index (κ1) is 32.6. The largest absolute Gasteiger partial charge is 0.494 e. The summed E-state index contributed by atoms with van der Waals surface area (Å²) < 4.78 is 34.3. The molecule has 0 radical (unpaired) electrons.